The van der Waals surface area contributed by atoms with E-state index in [1.807, 2.05) is 0 Å². The molecule has 0 unspecified atom stereocenters. The first-order valence-electron chi connectivity index (χ1n) is 4.95. The Morgan fingerprint density at radius 3 is 2.00 bits per heavy atom. The van der Waals surface area contributed by atoms with Gasteiger partial charge in [-0.1, -0.05) is 0 Å². The second-order valence-electron chi connectivity index (χ2n) is 3.28. The Morgan fingerprint density at radius 2 is 1.62 bits per heavy atom. The molecule has 0 aliphatic rings. The number of benzene rings is 1. The fourth-order valence-electron chi connectivity index (χ4n) is 1.50. The molecule has 6 nitrogen and oxygen atoms in total. The molecule has 0 saturated carbocycles. The van der Waals surface area contributed by atoms with Gasteiger partial charge in [0.15, 0.2) is 11.5 Å². The number of nitrogens with two attached hydrogens (primary N) is 1. The first-order valence-corrected chi connectivity index (χ1v) is 4.95. The van der Waals surface area contributed by atoms with Crippen molar-refractivity contribution in [1.82, 2.24) is 15.0 Å². The molecule has 16 heavy (non-hydrogen) atoms. The van der Waals surface area contributed by atoms with E-state index >= 15 is 0 Å². The molecular weight excluding hydrogens is 208 g/mol. The molecule has 2 rings (SSSR count). The standard InChI is InChI=1S/C10H14N4O2/c1-15-9-5-7-8(6-10(9)16-2)13-14(12-7)4-3-11/h5-6H,3-4,11H2,1-2H3. The summed E-state index contributed by atoms with van der Waals surface area (Å²) in [5, 5.41) is 8.55. The van der Waals surface area contributed by atoms with Gasteiger partial charge in [0.05, 0.1) is 20.8 Å². The van der Waals surface area contributed by atoms with Gasteiger partial charge in [-0.05, 0) is 0 Å². The molecule has 2 aromatic rings. The normalized spacial score (nSPS) is 10.7. The summed E-state index contributed by atoms with van der Waals surface area (Å²) in [6.07, 6.45) is 0. The Labute approximate surface area is 92.9 Å². The highest BCUT2D eigenvalue weighted by Crippen LogP contribution is 2.30. The second-order valence-corrected chi connectivity index (χ2v) is 3.28. The lowest BCUT2D eigenvalue weighted by molar-refractivity contribution is 0.356. The van der Waals surface area contributed by atoms with Crippen LogP contribution in [0.1, 0.15) is 0 Å². The lowest BCUT2D eigenvalue weighted by Crippen LogP contribution is -2.12. The maximum atomic E-state index is 5.44. The Balaban J connectivity index is 2.51. The van der Waals surface area contributed by atoms with Crippen molar-refractivity contribution < 1.29 is 9.47 Å². The lowest BCUT2D eigenvalue weighted by atomic mass is 10.3. The second kappa shape index (κ2) is 4.36. The SMILES string of the molecule is COc1cc2nn(CCN)nc2cc1OC. The van der Waals surface area contributed by atoms with Gasteiger partial charge in [-0.3, -0.25) is 0 Å². The summed E-state index contributed by atoms with van der Waals surface area (Å²) in [6.45, 7) is 1.11. The molecule has 6 heteroatoms. The van der Waals surface area contributed by atoms with Crippen molar-refractivity contribution in [3.05, 3.63) is 12.1 Å². The van der Waals surface area contributed by atoms with Gasteiger partial charge in [-0.25, -0.2) is 0 Å². The minimum Gasteiger partial charge on any atom is -0.493 e. The lowest BCUT2D eigenvalue weighted by Gasteiger charge is -2.05. The Morgan fingerprint density at radius 1 is 1.12 bits per heavy atom. The fourth-order valence-corrected chi connectivity index (χ4v) is 1.50. The van der Waals surface area contributed by atoms with Crippen molar-refractivity contribution in [1.29, 1.82) is 0 Å². The molecule has 0 fully saturated rings. The Hall–Kier alpha value is -1.82. The number of hydrogen-bond donors (Lipinski definition) is 1. The number of aromatic nitrogens is 3. The van der Waals surface area contributed by atoms with Crippen LogP contribution in [0.15, 0.2) is 12.1 Å². The first-order chi connectivity index (χ1) is 7.78. The summed E-state index contributed by atoms with van der Waals surface area (Å²) in [7, 11) is 3.18. The van der Waals surface area contributed by atoms with Crippen LogP contribution in [-0.4, -0.2) is 35.8 Å². The van der Waals surface area contributed by atoms with Gasteiger partial charge in [0.25, 0.3) is 0 Å². The van der Waals surface area contributed by atoms with Crippen LogP contribution in [-0.2, 0) is 6.54 Å². The van der Waals surface area contributed by atoms with E-state index in [2.05, 4.69) is 10.2 Å². The molecule has 0 atom stereocenters. The molecular formula is C10H14N4O2. The average Bonchev–Trinajstić information content (AvgIpc) is 2.68. The van der Waals surface area contributed by atoms with Crippen LogP contribution in [0.5, 0.6) is 11.5 Å². The molecule has 0 aliphatic heterocycles. The fraction of sp³-hybridized carbons (Fsp3) is 0.400. The van der Waals surface area contributed by atoms with Gasteiger partial charge < -0.3 is 15.2 Å². The molecule has 1 aromatic heterocycles. The van der Waals surface area contributed by atoms with E-state index < -0.39 is 0 Å². The molecule has 1 heterocycles. The maximum Gasteiger partial charge on any atom is 0.163 e. The molecule has 86 valence electrons. The molecule has 0 radical (unpaired) electrons. The van der Waals surface area contributed by atoms with Crippen molar-refractivity contribution in [3.63, 3.8) is 0 Å². The third-order valence-electron chi connectivity index (χ3n) is 2.26. The average molecular weight is 222 g/mol. The highest BCUT2D eigenvalue weighted by molar-refractivity contribution is 5.78. The van der Waals surface area contributed by atoms with Crippen LogP contribution in [0.4, 0.5) is 0 Å². The highest BCUT2D eigenvalue weighted by Gasteiger charge is 2.09. The van der Waals surface area contributed by atoms with Crippen LogP contribution in [0.3, 0.4) is 0 Å². The van der Waals surface area contributed by atoms with Gasteiger partial charge >= 0.3 is 0 Å². The topological polar surface area (TPSA) is 75.2 Å². The number of fused-ring (bicyclic) bond motifs is 1. The summed E-state index contributed by atoms with van der Waals surface area (Å²) >= 11 is 0. The number of hydrogen-bond acceptors (Lipinski definition) is 5. The Kier molecular flexibility index (Phi) is 2.91. The van der Waals surface area contributed by atoms with Crippen LogP contribution in [0, 0.1) is 0 Å². The molecule has 0 aliphatic carbocycles. The molecule has 2 N–H and O–H groups in total. The van der Waals surface area contributed by atoms with Crippen molar-refractivity contribution in [2.75, 3.05) is 20.8 Å². The van der Waals surface area contributed by atoms with Crippen LogP contribution < -0.4 is 15.2 Å². The zero-order valence-electron chi connectivity index (χ0n) is 9.30. The van der Waals surface area contributed by atoms with Gasteiger partial charge in [-0.15, -0.1) is 0 Å². The number of ether oxygens (including phenoxy) is 2. The van der Waals surface area contributed by atoms with E-state index in [9.17, 15) is 0 Å². The van der Waals surface area contributed by atoms with Gasteiger partial charge in [-0.2, -0.15) is 15.0 Å². The minimum absolute atomic E-state index is 0.509. The number of rotatable bonds is 4. The largest absolute Gasteiger partial charge is 0.493 e. The summed E-state index contributed by atoms with van der Waals surface area (Å²) in [5.74, 6) is 1.30. The smallest absolute Gasteiger partial charge is 0.163 e. The van der Waals surface area contributed by atoms with Crippen LogP contribution >= 0.6 is 0 Å². The van der Waals surface area contributed by atoms with E-state index in [0.717, 1.165) is 11.0 Å². The van der Waals surface area contributed by atoms with Crippen LogP contribution in [0.2, 0.25) is 0 Å². The predicted octanol–water partition coefficient (Wildman–Crippen LogP) is 0.407. The van der Waals surface area contributed by atoms with Gasteiger partial charge in [0.1, 0.15) is 11.0 Å². The third kappa shape index (κ3) is 1.79. The van der Waals surface area contributed by atoms with E-state index in [-0.39, 0.29) is 0 Å². The van der Waals surface area contributed by atoms with Crippen molar-refractivity contribution in [3.8, 4) is 11.5 Å². The summed E-state index contributed by atoms with van der Waals surface area (Å²) < 4.78 is 10.4. The molecule has 0 saturated heterocycles. The maximum absolute atomic E-state index is 5.44. The van der Waals surface area contributed by atoms with E-state index in [4.69, 9.17) is 15.2 Å². The van der Waals surface area contributed by atoms with Gasteiger partial charge in [0, 0.05) is 18.7 Å². The molecule has 0 amide bonds. The van der Waals surface area contributed by atoms with Crippen molar-refractivity contribution >= 4 is 11.0 Å². The molecule has 0 spiro atoms. The quantitative estimate of drug-likeness (QED) is 0.810. The summed E-state index contributed by atoms with van der Waals surface area (Å²) in [6, 6.07) is 3.60. The first kappa shape index (κ1) is 10.7. The zero-order valence-corrected chi connectivity index (χ0v) is 9.30. The highest BCUT2D eigenvalue weighted by atomic mass is 16.5. The van der Waals surface area contributed by atoms with E-state index in [0.29, 0.717) is 24.6 Å². The van der Waals surface area contributed by atoms with Gasteiger partial charge in [0.2, 0.25) is 0 Å². The summed E-state index contributed by atoms with van der Waals surface area (Å²) in [5.41, 5.74) is 6.98. The summed E-state index contributed by atoms with van der Waals surface area (Å²) in [4.78, 5) is 1.57. The van der Waals surface area contributed by atoms with Crippen molar-refractivity contribution in [2.24, 2.45) is 5.73 Å². The molecule has 1 aromatic carbocycles. The number of nitrogens with zero attached hydrogens (tertiary/aromatic N) is 3. The zero-order chi connectivity index (χ0) is 11.5. The third-order valence-corrected chi connectivity index (χ3v) is 2.26. The van der Waals surface area contributed by atoms with E-state index in [1.165, 1.54) is 0 Å². The molecule has 0 bridgehead atoms. The van der Waals surface area contributed by atoms with E-state index in [1.54, 1.807) is 31.1 Å². The minimum atomic E-state index is 0.509. The van der Waals surface area contributed by atoms with Crippen molar-refractivity contribution in [2.45, 2.75) is 6.54 Å². The monoisotopic (exact) mass is 222 g/mol. The van der Waals surface area contributed by atoms with Crippen LogP contribution in [0.25, 0.3) is 11.0 Å². The number of methoxy groups -OCH3 is 2. The Bertz CT molecular complexity index is 454. The predicted molar refractivity (Wildman–Crippen MR) is 59.7 cm³/mol.